The van der Waals surface area contributed by atoms with E-state index in [2.05, 4.69) is 51.0 Å². The Morgan fingerprint density at radius 1 is 1.26 bits per heavy atom. The second-order valence-corrected chi connectivity index (χ2v) is 6.10. The Morgan fingerprint density at radius 3 is 2.74 bits per heavy atom. The molecule has 0 spiro atoms. The van der Waals surface area contributed by atoms with Gasteiger partial charge in [0.25, 0.3) is 0 Å². The van der Waals surface area contributed by atoms with Crippen LogP contribution in [0.1, 0.15) is 17.1 Å². The highest BCUT2D eigenvalue weighted by Crippen LogP contribution is 2.20. The van der Waals surface area contributed by atoms with Gasteiger partial charge in [0, 0.05) is 37.3 Å². The van der Waals surface area contributed by atoms with E-state index in [0.29, 0.717) is 0 Å². The van der Waals surface area contributed by atoms with Gasteiger partial charge in [-0.2, -0.15) is 0 Å². The molecule has 0 atom stereocenters. The summed E-state index contributed by atoms with van der Waals surface area (Å²) < 4.78 is 2.27. The standard InChI is InChI=1S/C13H21N5S/c1-10-9-19-13-15-11(2)12(18(10)13)8-14-17-6-4-16(3)5-7-17/h9,14H,4-8H2,1-3H3. The largest absolute Gasteiger partial charge is 0.304 e. The van der Waals surface area contributed by atoms with Crippen LogP contribution in [0.4, 0.5) is 0 Å². The predicted octanol–water partition coefficient (Wildman–Crippen LogP) is 1.26. The average molecular weight is 279 g/mol. The molecule has 1 aliphatic rings. The number of thiazole rings is 1. The summed E-state index contributed by atoms with van der Waals surface area (Å²) in [4.78, 5) is 8.09. The van der Waals surface area contributed by atoms with Gasteiger partial charge in [0.05, 0.1) is 17.9 Å². The first-order valence-corrected chi connectivity index (χ1v) is 7.62. The highest BCUT2D eigenvalue weighted by Gasteiger charge is 2.16. The third-order valence-corrected chi connectivity index (χ3v) is 4.75. The number of piperazine rings is 1. The summed E-state index contributed by atoms with van der Waals surface area (Å²) >= 11 is 1.71. The SMILES string of the molecule is Cc1nc2scc(C)n2c1CNN1CCN(C)CC1. The number of aryl methyl sites for hydroxylation is 2. The fourth-order valence-corrected chi connectivity index (χ4v) is 3.46. The molecule has 0 unspecified atom stereocenters. The maximum Gasteiger partial charge on any atom is 0.194 e. The van der Waals surface area contributed by atoms with Gasteiger partial charge in [-0.3, -0.25) is 4.40 Å². The van der Waals surface area contributed by atoms with Crippen molar-refractivity contribution in [2.24, 2.45) is 0 Å². The zero-order valence-corrected chi connectivity index (χ0v) is 12.6. The molecule has 0 aliphatic carbocycles. The van der Waals surface area contributed by atoms with Gasteiger partial charge in [-0.25, -0.2) is 15.4 Å². The van der Waals surface area contributed by atoms with E-state index in [0.717, 1.165) is 43.4 Å². The topological polar surface area (TPSA) is 35.8 Å². The van der Waals surface area contributed by atoms with Crippen LogP contribution in [0.5, 0.6) is 0 Å². The summed E-state index contributed by atoms with van der Waals surface area (Å²) in [7, 11) is 2.18. The zero-order chi connectivity index (χ0) is 13.4. The number of hydrazine groups is 1. The molecule has 0 saturated carbocycles. The molecule has 2 aromatic rings. The maximum absolute atomic E-state index is 4.62. The lowest BCUT2D eigenvalue weighted by Gasteiger charge is -2.32. The predicted molar refractivity (Wildman–Crippen MR) is 78.5 cm³/mol. The first-order valence-electron chi connectivity index (χ1n) is 6.74. The van der Waals surface area contributed by atoms with E-state index in [9.17, 15) is 0 Å². The van der Waals surface area contributed by atoms with Crippen LogP contribution < -0.4 is 5.43 Å². The Bertz CT molecular complexity index is 565. The third kappa shape index (κ3) is 2.53. The summed E-state index contributed by atoms with van der Waals surface area (Å²) in [6.07, 6.45) is 0. The first-order chi connectivity index (χ1) is 9.15. The first kappa shape index (κ1) is 13.1. The molecular formula is C13H21N5S. The Labute approximate surface area is 117 Å². The number of nitrogens with one attached hydrogen (secondary N) is 1. The normalized spacial score (nSPS) is 18.5. The summed E-state index contributed by atoms with van der Waals surface area (Å²) in [5, 5.41) is 4.49. The summed E-state index contributed by atoms with van der Waals surface area (Å²) in [6.45, 7) is 9.52. The number of nitrogens with zero attached hydrogens (tertiary/aromatic N) is 4. The van der Waals surface area contributed by atoms with Crippen molar-refractivity contribution in [3.63, 3.8) is 0 Å². The van der Waals surface area contributed by atoms with Crippen LogP contribution in [0, 0.1) is 13.8 Å². The molecule has 0 amide bonds. The van der Waals surface area contributed by atoms with Gasteiger partial charge in [-0.1, -0.05) is 0 Å². The van der Waals surface area contributed by atoms with Gasteiger partial charge in [-0.15, -0.1) is 11.3 Å². The van der Waals surface area contributed by atoms with Crippen LogP contribution in [0.2, 0.25) is 0 Å². The van der Waals surface area contributed by atoms with Gasteiger partial charge >= 0.3 is 0 Å². The third-order valence-electron chi connectivity index (χ3n) is 3.80. The Balaban J connectivity index is 1.71. The number of hydrogen-bond acceptors (Lipinski definition) is 5. The van der Waals surface area contributed by atoms with Gasteiger partial charge in [-0.05, 0) is 20.9 Å². The molecule has 1 N–H and O–H groups in total. The minimum Gasteiger partial charge on any atom is -0.304 e. The second kappa shape index (κ2) is 5.20. The van der Waals surface area contributed by atoms with Crippen LogP contribution in [0.25, 0.3) is 4.96 Å². The van der Waals surface area contributed by atoms with Crippen molar-refractivity contribution in [1.29, 1.82) is 0 Å². The van der Waals surface area contributed by atoms with Crippen molar-refractivity contribution in [1.82, 2.24) is 24.7 Å². The van der Waals surface area contributed by atoms with E-state index in [1.807, 2.05) is 0 Å². The number of fused-ring (bicyclic) bond motifs is 1. The highest BCUT2D eigenvalue weighted by molar-refractivity contribution is 7.15. The molecular weight excluding hydrogens is 258 g/mol. The molecule has 1 saturated heterocycles. The lowest BCUT2D eigenvalue weighted by molar-refractivity contribution is 0.101. The van der Waals surface area contributed by atoms with Crippen molar-refractivity contribution < 1.29 is 0 Å². The van der Waals surface area contributed by atoms with Gasteiger partial charge in [0.1, 0.15) is 0 Å². The van der Waals surface area contributed by atoms with E-state index < -0.39 is 0 Å². The Morgan fingerprint density at radius 2 is 2.00 bits per heavy atom. The minimum atomic E-state index is 0.855. The molecule has 3 heterocycles. The lowest BCUT2D eigenvalue weighted by Crippen LogP contribution is -2.50. The molecule has 0 aromatic carbocycles. The summed E-state index contributed by atoms with van der Waals surface area (Å²) in [5.41, 5.74) is 7.24. The smallest absolute Gasteiger partial charge is 0.194 e. The lowest BCUT2D eigenvalue weighted by atomic mass is 10.3. The number of likely N-dealkylation sites (N-methyl/N-ethyl adjacent to an activating group) is 1. The summed E-state index contributed by atoms with van der Waals surface area (Å²) in [6, 6.07) is 0. The molecule has 5 nitrogen and oxygen atoms in total. The van der Waals surface area contributed by atoms with Crippen LogP contribution in [-0.2, 0) is 6.54 Å². The number of imidazole rings is 1. The van der Waals surface area contributed by atoms with E-state index in [4.69, 9.17) is 0 Å². The number of hydrogen-bond donors (Lipinski definition) is 1. The van der Waals surface area contributed by atoms with Crippen molar-refractivity contribution in [2.75, 3.05) is 33.2 Å². The zero-order valence-electron chi connectivity index (χ0n) is 11.8. The van der Waals surface area contributed by atoms with Crippen molar-refractivity contribution >= 4 is 16.3 Å². The fraction of sp³-hybridized carbons (Fsp3) is 0.615. The van der Waals surface area contributed by atoms with Crippen LogP contribution >= 0.6 is 11.3 Å². The molecule has 0 radical (unpaired) electrons. The molecule has 1 fully saturated rings. The van der Waals surface area contributed by atoms with Crippen molar-refractivity contribution in [2.45, 2.75) is 20.4 Å². The Kier molecular flexibility index (Phi) is 3.58. The van der Waals surface area contributed by atoms with E-state index >= 15 is 0 Å². The molecule has 1 aliphatic heterocycles. The van der Waals surface area contributed by atoms with Crippen LogP contribution in [-0.4, -0.2) is 52.5 Å². The number of rotatable bonds is 3. The van der Waals surface area contributed by atoms with E-state index in [1.54, 1.807) is 11.3 Å². The van der Waals surface area contributed by atoms with Gasteiger partial charge in [0.2, 0.25) is 0 Å². The van der Waals surface area contributed by atoms with E-state index in [-0.39, 0.29) is 0 Å². The van der Waals surface area contributed by atoms with Crippen LogP contribution in [0.15, 0.2) is 5.38 Å². The Hall–Kier alpha value is -0.950. The van der Waals surface area contributed by atoms with Crippen molar-refractivity contribution in [3.8, 4) is 0 Å². The van der Waals surface area contributed by atoms with Gasteiger partial charge in [0.15, 0.2) is 4.96 Å². The highest BCUT2D eigenvalue weighted by atomic mass is 32.1. The van der Waals surface area contributed by atoms with Crippen molar-refractivity contribution in [3.05, 3.63) is 22.5 Å². The van der Waals surface area contributed by atoms with E-state index in [1.165, 1.54) is 11.4 Å². The average Bonchev–Trinajstić information content (AvgIpc) is 2.89. The molecule has 3 rings (SSSR count). The molecule has 104 valence electrons. The monoisotopic (exact) mass is 279 g/mol. The molecule has 19 heavy (non-hydrogen) atoms. The van der Waals surface area contributed by atoms with Gasteiger partial charge < -0.3 is 4.90 Å². The second-order valence-electron chi connectivity index (χ2n) is 5.26. The summed E-state index contributed by atoms with van der Waals surface area (Å²) in [5.74, 6) is 0. The quantitative estimate of drug-likeness (QED) is 0.918. The number of aromatic nitrogens is 2. The fourth-order valence-electron chi connectivity index (χ4n) is 2.53. The van der Waals surface area contributed by atoms with Crippen LogP contribution in [0.3, 0.4) is 0 Å². The molecule has 2 aromatic heterocycles. The maximum atomic E-state index is 4.62. The molecule has 6 heteroatoms. The minimum absolute atomic E-state index is 0.855. The molecule has 0 bridgehead atoms.